The summed E-state index contributed by atoms with van der Waals surface area (Å²) in [4.78, 5) is 2.14. The van der Waals surface area contributed by atoms with Gasteiger partial charge in [-0.05, 0) is 32.3 Å². The highest BCUT2D eigenvalue weighted by atomic mass is 35.5. The van der Waals surface area contributed by atoms with Gasteiger partial charge in [-0.15, -0.1) is 0 Å². The largest absolute Gasteiger partial charge is 0.385 e. The zero-order valence-corrected chi connectivity index (χ0v) is 12.5. The quantitative estimate of drug-likeness (QED) is 0.924. The Morgan fingerprint density at radius 2 is 2.17 bits per heavy atom. The molecule has 1 N–H and O–H groups in total. The number of halogens is 1. The van der Waals surface area contributed by atoms with Crippen LogP contribution in [0.2, 0.25) is 5.02 Å². The van der Waals surface area contributed by atoms with Gasteiger partial charge in [0.05, 0.1) is 5.60 Å². The van der Waals surface area contributed by atoms with Crippen LogP contribution in [0.15, 0.2) is 24.3 Å². The molecule has 1 saturated heterocycles. The average molecular weight is 286 g/mol. The molecule has 100 valence electrons. The fourth-order valence-corrected chi connectivity index (χ4v) is 4.19. The van der Waals surface area contributed by atoms with Gasteiger partial charge in [0.1, 0.15) is 0 Å². The summed E-state index contributed by atoms with van der Waals surface area (Å²) in [6.45, 7) is 0.884. The van der Waals surface area contributed by atoms with Crippen LogP contribution in [0.4, 0.5) is 0 Å². The highest BCUT2D eigenvalue weighted by Crippen LogP contribution is 2.43. The van der Waals surface area contributed by atoms with Crippen LogP contribution in [-0.2, 0) is 5.60 Å². The van der Waals surface area contributed by atoms with E-state index in [9.17, 15) is 5.11 Å². The zero-order chi connectivity index (χ0) is 13.2. The van der Waals surface area contributed by atoms with Crippen molar-refractivity contribution in [2.45, 2.75) is 12.0 Å². The summed E-state index contributed by atoms with van der Waals surface area (Å²) >= 11 is 8.19. The lowest BCUT2D eigenvalue weighted by Gasteiger charge is -2.41. The Hall–Kier alpha value is -0.220. The van der Waals surface area contributed by atoms with E-state index in [-0.39, 0.29) is 5.92 Å². The molecule has 1 aliphatic rings. The second kappa shape index (κ2) is 5.83. The van der Waals surface area contributed by atoms with Gasteiger partial charge in [-0.25, -0.2) is 0 Å². The molecule has 0 spiro atoms. The molecule has 18 heavy (non-hydrogen) atoms. The van der Waals surface area contributed by atoms with Gasteiger partial charge in [0.25, 0.3) is 0 Å². The lowest BCUT2D eigenvalue weighted by Crippen LogP contribution is -2.45. The summed E-state index contributed by atoms with van der Waals surface area (Å²) in [6.07, 6.45) is 0.778. The first-order valence-electron chi connectivity index (χ1n) is 6.24. The van der Waals surface area contributed by atoms with Crippen LogP contribution in [0.3, 0.4) is 0 Å². The van der Waals surface area contributed by atoms with Crippen molar-refractivity contribution in [2.24, 2.45) is 5.92 Å². The molecular weight excluding hydrogens is 266 g/mol. The van der Waals surface area contributed by atoms with Crippen LogP contribution < -0.4 is 0 Å². The molecule has 1 aromatic rings. The van der Waals surface area contributed by atoms with E-state index in [4.69, 9.17) is 11.6 Å². The molecule has 2 rings (SSSR count). The summed E-state index contributed by atoms with van der Waals surface area (Å²) < 4.78 is 0. The number of aliphatic hydroxyl groups is 1. The van der Waals surface area contributed by atoms with Gasteiger partial charge < -0.3 is 10.0 Å². The van der Waals surface area contributed by atoms with Gasteiger partial charge in [-0.2, -0.15) is 11.8 Å². The predicted octanol–water partition coefficient (Wildman–Crippen LogP) is 2.84. The van der Waals surface area contributed by atoms with Crippen LogP contribution >= 0.6 is 23.4 Å². The van der Waals surface area contributed by atoms with Gasteiger partial charge in [-0.1, -0.05) is 29.8 Å². The van der Waals surface area contributed by atoms with Crippen molar-refractivity contribution >= 4 is 23.4 Å². The molecule has 0 radical (unpaired) electrons. The molecule has 1 fully saturated rings. The fraction of sp³-hybridized carbons (Fsp3) is 0.571. The Balaban J connectivity index is 2.33. The number of thioether (sulfide) groups is 1. The van der Waals surface area contributed by atoms with Crippen molar-refractivity contribution in [3.8, 4) is 0 Å². The zero-order valence-electron chi connectivity index (χ0n) is 10.9. The van der Waals surface area contributed by atoms with Crippen LogP contribution in [0.25, 0.3) is 0 Å². The number of hydrogen-bond donors (Lipinski definition) is 1. The highest BCUT2D eigenvalue weighted by Gasteiger charge is 2.41. The van der Waals surface area contributed by atoms with E-state index < -0.39 is 5.60 Å². The summed E-state index contributed by atoms with van der Waals surface area (Å²) in [6, 6.07) is 7.69. The first kappa shape index (κ1) is 14.2. The van der Waals surface area contributed by atoms with Crippen LogP contribution in [-0.4, -0.2) is 42.2 Å². The Morgan fingerprint density at radius 1 is 1.44 bits per heavy atom. The van der Waals surface area contributed by atoms with Crippen molar-refractivity contribution in [3.63, 3.8) is 0 Å². The number of benzene rings is 1. The van der Waals surface area contributed by atoms with Gasteiger partial charge in [0.15, 0.2) is 0 Å². The highest BCUT2D eigenvalue weighted by molar-refractivity contribution is 7.99. The van der Waals surface area contributed by atoms with Gasteiger partial charge in [-0.3, -0.25) is 0 Å². The summed E-state index contributed by atoms with van der Waals surface area (Å²) in [5, 5.41) is 11.8. The first-order valence-corrected chi connectivity index (χ1v) is 7.77. The Kier molecular flexibility index (Phi) is 4.59. The molecule has 0 aliphatic carbocycles. The molecule has 1 aliphatic heterocycles. The molecule has 0 unspecified atom stereocenters. The Morgan fingerprint density at radius 3 is 2.83 bits per heavy atom. The molecule has 0 amide bonds. The molecule has 1 heterocycles. The van der Waals surface area contributed by atoms with Crippen molar-refractivity contribution in [2.75, 3.05) is 32.1 Å². The van der Waals surface area contributed by atoms with Gasteiger partial charge in [0, 0.05) is 28.8 Å². The van der Waals surface area contributed by atoms with E-state index in [1.165, 1.54) is 0 Å². The van der Waals surface area contributed by atoms with E-state index in [1.807, 2.05) is 50.1 Å². The Labute approximate surface area is 118 Å². The van der Waals surface area contributed by atoms with Crippen molar-refractivity contribution in [1.29, 1.82) is 0 Å². The second-order valence-electron chi connectivity index (χ2n) is 5.19. The maximum Gasteiger partial charge on any atom is 0.0966 e. The maximum atomic E-state index is 11.1. The van der Waals surface area contributed by atoms with Crippen LogP contribution in [0, 0.1) is 5.92 Å². The second-order valence-corrected chi connectivity index (χ2v) is 6.75. The SMILES string of the molecule is CN(C)C[C@@H]1CSCC[C@]1(O)c1ccccc1Cl. The number of hydrogen-bond acceptors (Lipinski definition) is 3. The van der Waals surface area contributed by atoms with E-state index >= 15 is 0 Å². The predicted molar refractivity (Wildman–Crippen MR) is 79.3 cm³/mol. The minimum Gasteiger partial charge on any atom is -0.385 e. The molecular formula is C14H20ClNOS. The molecule has 0 aromatic heterocycles. The fourth-order valence-electron chi connectivity index (χ4n) is 2.61. The molecule has 2 atom stereocenters. The minimum absolute atomic E-state index is 0.228. The smallest absolute Gasteiger partial charge is 0.0966 e. The topological polar surface area (TPSA) is 23.5 Å². The van der Waals surface area contributed by atoms with E-state index in [1.54, 1.807) is 0 Å². The van der Waals surface area contributed by atoms with Crippen molar-refractivity contribution < 1.29 is 5.11 Å². The molecule has 0 saturated carbocycles. The van der Waals surface area contributed by atoms with Crippen LogP contribution in [0.1, 0.15) is 12.0 Å². The number of nitrogens with zero attached hydrogens (tertiary/aromatic N) is 1. The standard InChI is InChI=1S/C14H20ClNOS/c1-16(2)9-11-10-18-8-7-14(11,17)12-5-3-4-6-13(12)15/h3-6,11,17H,7-10H2,1-2H3/t11-,14-/m1/s1. The summed E-state index contributed by atoms with van der Waals surface area (Å²) in [5.41, 5.74) is 0.104. The lowest BCUT2D eigenvalue weighted by atomic mass is 9.79. The molecule has 1 aromatic carbocycles. The van der Waals surface area contributed by atoms with Gasteiger partial charge in [0.2, 0.25) is 0 Å². The summed E-state index contributed by atoms with van der Waals surface area (Å²) in [7, 11) is 4.10. The minimum atomic E-state index is -0.784. The third kappa shape index (κ3) is 2.85. The first-order chi connectivity index (χ1) is 8.54. The van der Waals surface area contributed by atoms with Gasteiger partial charge >= 0.3 is 0 Å². The monoisotopic (exact) mass is 285 g/mol. The molecule has 0 bridgehead atoms. The number of rotatable bonds is 3. The van der Waals surface area contributed by atoms with Crippen LogP contribution in [0.5, 0.6) is 0 Å². The van der Waals surface area contributed by atoms with E-state index in [0.29, 0.717) is 5.02 Å². The third-order valence-corrected chi connectivity index (χ3v) is 5.01. The Bertz CT molecular complexity index is 413. The maximum absolute atomic E-state index is 11.1. The van der Waals surface area contributed by atoms with E-state index in [2.05, 4.69) is 4.90 Å². The summed E-state index contributed by atoms with van der Waals surface area (Å²) in [5.74, 6) is 2.21. The van der Waals surface area contributed by atoms with Crippen molar-refractivity contribution in [3.05, 3.63) is 34.9 Å². The molecule has 2 nitrogen and oxygen atoms in total. The molecule has 4 heteroatoms. The third-order valence-electron chi connectivity index (χ3n) is 3.55. The average Bonchev–Trinajstić information content (AvgIpc) is 2.32. The normalized spacial score (nSPS) is 28.6. The lowest BCUT2D eigenvalue weighted by molar-refractivity contribution is -0.0292. The van der Waals surface area contributed by atoms with Crippen molar-refractivity contribution in [1.82, 2.24) is 4.90 Å². The van der Waals surface area contributed by atoms with E-state index in [0.717, 1.165) is 30.0 Å².